The SMILES string of the molecule is CN(CC1CCCCC1)c1n[nH]c(=S)n1C1CCCCC1. The van der Waals surface area contributed by atoms with Gasteiger partial charge in [-0.05, 0) is 43.8 Å². The molecule has 0 unspecified atom stereocenters. The molecular weight excluding hydrogens is 280 g/mol. The first kappa shape index (κ1) is 15.1. The van der Waals surface area contributed by atoms with Crippen LogP contribution in [0.1, 0.15) is 70.3 Å². The van der Waals surface area contributed by atoms with E-state index in [1.165, 1.54) is 64.2 Å². The van der Waals surface area contributed by atoms with Gasteiger partial charge in [-0.2, -0.15) is 0 Å². The second-order valence-electron chi connectivity index (χ2n) is 6.88. The molecule has 1 aromatic rings. The van der Waals surface area contributed by atoms with E-state index >= 15 is 0 Å². The lowest BCUT2D eigenvalue weighted by molar-refractivity contribution is 0.341. The van der Waals surface area contributed by atoms with Gasteiger partial charge in [-0.15, -0.1) is 5.10 Å². The van der Waals surface area contributed by atoms with Gasteiger partial charge in [0.1, 0.15) is 0 Å². The Balaban J connectivity index is 1.73. The summed E-state index contributed by atoms with van der Waals surface area (Å²) < 4.78 is 3.09. The molecule has 2 fully saturated rings. The van der Waals surface area contributed by atoms with Crippen molar-refractivity contribution in [3.05, 3.63) is 4.77 Å². The smallest absolute Gasteiger partial charge is 0.225 e. The third-order valence-electron chi connectivity index (χ3n) is 5.22. The number of anilines is 1. The van der Waals surface area contributed by atoms with E-state index in [1.807, 2.05) is 0 Å². The first-order valence-electron chi connectivity index (χ1n) is 8.64. The van der Waals surface area contributed by atoms with E-state index in [0.29, 0.717) is 6.04 Å². The molecule has 0 radical (unpaired) electrons. The first-order chi connectivity index (χ1) is 10.3. The van der Waals surface area contributed by atoms with E-state index in [-0.39, 0.29) is 0 Å². The minimum Gasteiger partial charge on any atom is -0.344 e. The van der Waals surface area contributed by atoms with Crippen LogP contribution in [0.3, 0.4) is 0 Å². The minimum absolute atomic E-state index is 0.550. The van der Waals surface area contributed by atoms with Gasteiger partial charge in [-0.1, -0.05) is 38.5 Å². The van der Waals surface area contributed by atoms with Crippen LogP contribution in [0.2, 0.25) is 0 Å². The van der Waals surface area contributed by atoms with Crippen molar-refractivity contribution in [1.29, 1.82) is 0 Å². The van der Waals surface area contributed by atoms with Gasteiger partial charge in [0.25, 0.3) is 0 Å². The van der Waals surface area contributed by atoms with Crippen LogP contribution in [-0.4, -0.2) is 28.4 Å². The minimum atomic E-state index is 0.550. The summed E-state index contributed by atoms with van der Waals surface area (Å²) in [6.07, 6.45) is 13.5. The highest BCUT2D eigenvalue weighted by atomic mass is 32.1. The molecular formula is C16H28N4S. The van der Waals surface area contributed by atoms with Crippen molar-refractivity contribution in [2.24, 2.45) is 5.92 Å². The van der Waals surface area contributed by atoms with E-state index in [9.17, 15) is 0 Å². The summed E-state index contributed by atoms with van der Waals surface area (Å²) >= 11 is 5.50. The summed E-state index contributed by atoms with van der Waals surface area (Å²) in [4.78, 5) is 2.33. The second-order valence-corrected chi connectivity index (χ2v) is 7.26. The Morgan fingerprint density at radius 1 is 1.10 bits per heavy atom. The lowest BCUT2D eigenvalue weighted by atomic mass is 9.89. The van der Waals surface area contributed by atoms with Crippen LogP contribution < -0.4 is 4.90 Å². The normalized spacial score (nSPS) is 21.6. The molecule has 2 saturated carbocycles. The molecule has 4 nitrogen and oxygen atoms in total. The molecule has 0 spiro atoms. The number of aromatic amines is 1. The van der Waals surface area contributed by atoms with Gasteiger partial charge in [-0.25, -0.2) is 5.10 Å². The molecule has 1 N–H and O–H groups in total. The number of aromatic nitrogens is 3. The number of nitrogens with one attached hydrogen (secondary N) is 1. The van der Waals surface area contributed by atoms with E-state index in [4.69, 9.17) is 12.2 Å². The Morgan fingerprint density at radius 2 is 1.71 bits per heavy atom. The third-order valence-corrected chi connectivity index (χ3v) is 5.51. The Morgan fingerprint density at radius 3 is 2.38 bits per heavy atom. The highest BCUT2D eigenvalue weighted by molar-refractivity contribution is 7.71. The number of H-pyrrole nitrogens is 1. The fourth-order valence-corrected chi connectivity index (χ4v) is 4.35. The zero-order valence-electron chi connectivity index (χ0n) is 13.2. The fraction of sp³-hybridized carbons (Fsp3) is 0.875. The number of hydrogen-bond acceptors (Lipinski definition) is 3. The number of rotatable bonds is 4. The lowest BCUT2D eigenvalue weighted by Gasteiger charge is -2.30. The van der Waals surface area contributed by atoms with E-state index in [2.05, 4.69) is 26.7 Å². The third kappa shape index (κ3) is 3.50. The molecule has 0 amide bonds. The van der Waals surface area contributed by atoms with Crippen LogP contribution in [0.15, 0.2) is 0 Å². The summed E-state index contributed by atoms with van der Waals surface area (Å²) in [6.45, 7) is 1.12. The molecule has 3 rings (SSSR count). The van der Waals surface area contributed by atoms with Gasteiger partial charge in [-0.3, -0.25) is 4.57 Å². The molecule has 2 aliphatic rings. The standard InChI is InChI=1S/C16H28N4S/c1-19(12-13-8-4-2-5-9-13)15-17-18-16(21)20(15)14-10-6-3-7-11-14/h13-14H,2-12H2,1H3,(H,18,21). The highest BCUT2D eigenvalue weighted by Gasteiger charge is 2.23. The zero-order valence-corrected chi connectivity index (χ0v) is 14.0. The predicted octanol–water partition coefficient (Wildman–Crippen LogP) is 4.46. The van der Waals surface area contributed by atoms with Crippen LogP contribution in [0.4, 0.5) is 5.95 Å². The maximum Gasteiger partial charge on any atom is 0.225 e. The molecule has 21 heavy (non-hydrogen) atoms. The van der Waals surface area contributed by atoms with Gasteiger partial charge in [0.15, 0.2) is 4.77 Å². The fourth-order valence-electron chi connectivity index (χ4n) is 4.07. The molecule has 2 aliphatic carbocycles. The van der Waals surface area contributed by atoms with Crippen molar-refractivity contribution >= 4 is 18.2 Å². The lowest BCUT2D eigenvalue weighted by Crippen LogP contribution is -2.30. The monoisotopic (exact) mass is 308 g/mol. The van der Waals surface area contributed by atoms with Crippen LogP contribution in [0, 0.1) is 10.7 Å². The Bertz CT molecular complexity index is 495. The van der Waals surface area contributed by atoms with Crippen molar-refractivity contribution < 1.29 is 0 Å². The molecule has 118 valence electrons. The average Bonchev–Trinajstić information content (AvgIpc) is 2.91. The Kier molecular flexibility index (Phi) is 4.99. The molecule has 0 aromatic carbocycles. The second kappa shape index (κ2) is 6.95. The largest absolute Gasteiger partial charge is 0.344 e. The van der Waals surface area contributed by atoms with Crippen molar-refractivity contribution in [1.82, 2.24) is 14.8 Å². The average molecular weight is 308 g/mol. The molecule has 0 atom stereocenters. The summed E-state index contributed by atoms with van der Waals surface area (Å²) in [5, 5.41) is 7.55. The van der Waals surface area contributed by atoms with E-state index in [0.717, 1.165) is 23.2 Å². The predicted molar refractivity (Wildman–Crippen MR) is 89.4 cm³/mol. The zero-order chi connectivity index (χ0) is 14.7. The van der Waals surface area contributed by atoms with Crippen LogP contribution in [0.25, 0.3) is 0 Å². The van der Waals surface area contributed by atoms with Crippen molar-refractivity contribution in [2.45, 2.75) is 70.3 Å². The summed E-state index contributed by atoms with van der Waals surface area (Å²) in [6, 6.07) is 0.550. The maximum absolute atomic E-state index is 5.50. The van der Waals surface area contributed by atoms with Crippen molar-refractivity contribution in [3.8, 4) is 0 Å². The molecule has 0 aliphatic heterocycles. The van der Waals surface area contributed by atoms with Gasteiger partial charge in [0.2, 0.25) is 5.95 Å². The molecule has 5 heteroatoms. The van der Waals surface area contributed by atoms with Crippen LogP contribution in [0.5, 0.6) is 0 Å². The maximum atomic E-state index is 5.50. The molecule has 0 bridgehead atoms. The van der Waals surface area contributed by atoms with Crippen LogP contribution in [-0.2, 0) is 0 Å². The van der Waals surface area contributed by atoms with E-state index < -0.39 is 0 Å². The van der Waals surface area contributed by atoms with Crippen LogP contribution >= 0.6 is 12.2 Å². The Hall–Kier alpha value is -0.840. The molecule has 1 aromatic heterocycles. The van der Waals surface area contributed by atoms with Gasteiger partial charge < -0.3 is 4.90 Å². The summed E-state index contributed by atoms with van der Waals surface area (Å²) in [5.41, 5.74) is 0. The summed E-state index contributed by atoms with van der Waals surface area (Å²) in [7, 11) is 2.18. The topological polar surface area (TPSA) is 36.9 Å². The van der Waals surface area contributed by atoms with Crippen molar-refractivity contribution in [2.75, 3.05) is 18.5 Å². The van der Waals surface area contributed by atoms with Gasteiger partial charge in [0, 0.05) is 19.6 Å². The molecule has 1 heterocycles. The highest BCUT2D eigenvalue weighted by Crippen LogP contribution is 2.32. The molecule has 0 saturated heterocycles. The quantitative estimate of drug-likeness (QED) is 0.834. The van der Waals surface area contributed by atoms with Crippen molar-refractivity contribution in [3.63, 3.8) is 0 Å². The Labute approximate surface area is 132 Å². The van der Waals surface area contributed by atoms with Gasteiger partial charge >= 0.3 is 0 Å². The van der Waals surface area contributed by atoms with Gasteiger partial charge in [0.05, 0.1) is 0 Å². The number of nitrogens with zero attached hydrogens (tertiary/aromatic N) is 3. The summed E-state index contributed by atoms with van der Waals surface area (Å²) in [5.74, 6) is 1.88. The first-order valence-corrected chi connectivity index (χ1v) is 9.04. The number of hydrogen-bond donors (Lipinski definition) is 1. The van der Waals surface area contributed by atoms with E-state index in [1.54, 1.807) is 0 Å².